The van der Waals surface area contributed by atoms with Gasteiger partial charge in [0.1, 0.15) is 0 Å². The number of amides is 1. The number of nitrogens with two attached hydrogens (primary N) is 1. The van der Waals surface area contributed by atoms with Gasteiger partial charge < -0.3 is 15.5 Å². The van der Waals surface area contributed by atoms with Gasteiger partial charge in [0.05, 0.1) is 33.9 Å². The first kappa shape index (κ1) is 12.1. The average molecular weight is 187 g/mol. The standard InChI is InChI=1S/C8H18N4O/c1-12(2,3)7-11-8(13)6-10-5-4-9/h6H,4-5,7,9H2,1-3H3/p+1. The highest BCUT2D eigenvalue weighted by atomic mass is 16.1. The Hall–Kier alpha value is -0.940. The van der Waals surface area contributed by atoms with Crippen molar-refractivity contribution < 1.29 is 9.28 Å². The SMILES string of the molecule is C[N+](C)(C)CNC(=O)C=NCCN. The zero-order valence-electron chi connectivity index (χ0n) is 8.58. The molecule has 0 spiro atoms. The fourth-order valence-corrected chi connectivity index (χ4v) is 0.583. The molecule has 0 aromatic carbocycles. The quantitative estimate of drug-likeness (QED) is 0.322. The van der Waals surface area contributed by atoms with Crippen molar-refractivity contribution >= 4 is 12.1 Å². The first-order valence-electron chi connectivity index (χ1n) is 4.24. The maximum Gasteiger partial charge on any atom is 0.266 e. The van der Waals surface area contributed by atoms with E-state index in [1.54, 1.807) is 0 Å². The van der Waals surface area contributed by atoms with Gasteiger partial charge in [-0.2, -0.15) is 0 Å². The summed E-state index contributed by atoms with van der Waals surface area (Å²) in [4.78, 5) is 14.9. The van der Waals surface area contributed by atoms with Gasteiger partial charge in [0, 0.05) is 6.54 Å². The van der Waals surface area contributed by atoms with E-state index in [1.807, 2.05) is 21.1 Å². The molecule has 0 fully saturated rings. The van der Waals surface area contributed by atoms with Crippen LogP contribution in [0.3, 0.4) is 0 Å². The number of aliphatic imine (C=N–C) groups is 1. The van der Waals surface area contributed by atoms with E-state index in [9.17, 15) is 4.79 Å². The molecule has 5 heteroatoms. The number of carbonyl (C=O) groups excluding carboxylic acids is 1. The number of rotatable bonds is 5. The molecule has 13 heavy (non-hydrogen) atoms. The number of hydrogen-bond donors (Lipinski definition) is 2. The van der Waals surface area contributed by atoms with Gasteiger partial charge in [-0.1, -0.05) is 0 Å². The Morgan fingerprint density at radius 3 is 2.62 bits per heavy atom. The largest absolute Gasteiger partial charge is 0.329 e. The van der Waals surface area contributed by atoms with E-state index in [-0.39, 0.29) is 5.91 Å². The van der Waals surface area contributed by atoms with Gasteiger partial charge in [-0.05, 0) is 0 Å². The van der Waals surface area contributed by atoms with Crippen LogP contribution < -0.4 is 11.1 Å². The first-order chi connectivity index (χ1) is 5.95. The van der Waals surface area contributed by atoms with E-state index < -0.39 is 0 Å². The van der Waals surface area contributed by atoms with Crippen molar-refractivity contribution in [1.29, 1.82) is 0 Å². The van der Waals surface area contributed by atoms with Crippen LogP contribution >= 0.6 is 0 Å². The lowest BCUT2D eigenvalue weighted by molar-refractivity contribution is -0.872. The molecule has 0 aromatic rings. The number of nitrogens with zero attached hydrogens (tertiary/aromatic N) is 2. The van der Waals surface area contributed by atoms with Gasteiger partial charge in [0.2, 0.25) is 0 Å². The van der Waals surface area contributed by atoms with Crippen LogP contribution in [0.4, 0.5) is 0 Å². The van der Waals surface area contributed by atoms with Crippen molar-refractivity contribution in [2.24, 2.45) is 10.7 Å². The van der Waals surface area contributed by atoms with Gasteiger partial charge >= 0.3 is 0 Å². The molecular weight excluding hydrogens is 168 g/mol. The minimum atomic E-state index is -0.165. The summed E-state index contributed by atoms with van der Waals surface area (Å²) in [6, 6.07) is 0. The van der Waals surface area contributed by atoms with Gasteiger partial charge in [-0.25, -0.2) is 0 Å². The van der Waals surface area contributed by atoms with Crippen molar-refractivity contribution in [3.05, 3.63) is 0 Å². The van der Waals surface area contributed by atoms with Gasteiger partial charge in [0.25, 0.3) is 5.91 Å². The topological polar surface area (TPSA) is 67.5 Å². The lowest BCUT2D eigenvalue weighted by atomic mass is 10.6. The maximum atomic E-state index is 11.1. The number of nitrogens with one attached hydrogen (secondary N) is 1. The summed E-state index contributed by atoms with van der Waals surface area (Å²) >= 11 is 0. The van der Waals surface area contributed by atoms with Crippen molar-refractivity contribution in [2.45, 2.75) is 0 Å². The maximum absolute atomic E-state index is 11.1. The van der Waals surface area contributed by atoms with E-state index >= 15 is 0 Å². The highest BCUT2D eigenvalue weighted by Crippen LogP contribution is 1.83. The average Bonchev–Trinajstić information content (AvgIpc) is 2.00. The van der Waals surface area contributed by atoms with Crippen LogP contribution in [0, 0.1) is 0 Å². The third kappa shape index (κ3) is 8.97. The second-order valence-corrected chi connectivity index (χ2v) is 3.81. The molecule has 0 unspecified atom stereocenters. The summed E-state index contributed by atoms with van der Waals surface area (Å²) in [7, 11) is 5.99. The molecule has 5 nitrogen and oxygen atoms in total. The molecule has 0 bridgehead atoms. The lowest BCUT2D eigenvalue weighted by Crippen LogP contribution is -2.45. The number of quaternary nitrogens is 1. The molecule has 0 aliphatic carbocycles. The summed E-state index contributed by atoms with van der Waals surface area (Å²) < 4.78 is 0.691. The molecule has 0 saturated carbocycles. The molecule has 0 rings (SSSR count). The van der Waals surface area contributed by atoms with Crippen LogP contribution in [0.2, 0.25) is 0 Å². The van der Waals surface area contributed by atoms with E-state index in [0.29, 0.717) is 24.2 Å². The van der Waals surface area contributed by atoms with E-state index in [1.165, 1.54) is 6.21 Å². The Bertz CT molecular complexity index is 183. The smallest absolute Gasteiger partial charge is 0.266 e. The van der Waals surface area contributed by atoms with Crippen LogP contribution in [0.25, 0.3) is 0 Å². The Kier molecular flexibility index (Phi) is 5.25. The summed E-state index contributed by atoms with van der Waals surface area (Å²) in [5, 5.41) is 2.72. The second-order valence-electron chi connectivity index (χ2n) is 3.81. The van der Waals surface area contributed by atoms with Crippen molar-refractivity contribution in [3.8, 4) is 0 Å². The number of carbonyl (C=O) groups is 1. The molecule has 1 amide bonds. The molecule has 0 atom stereocenters. The monoisotopic (exact) mass is 187 g/mol. The minimum Gasteiger partial charge on any atom is -0.329 e. The predicted molar refractivity (Wildman–Crippen MR) is 53.5 cm³/mol. The minimum absolute atomic E-state index is 0.165. The van der Waals surface area contributed by atoms with Crippen molar-refractivity contribution in [1.82, 2.24) is 5.32 Å². The fraction of sp³-hybridized carbons (Fsp3) is 0.750. The zero-order valence-corrected chi connectivity index (χ0v) is 8.58. The second kappa shape index (κ2) is 5.66. The molecular formula is C8H19N4O+. The molecule has 0 aliphatic heterocycles. The van der Waals surface area contributed by atoms with Crippen LogP contribution in [0.15, 0.2) is 4.99 Å². The Labute approximate surface area is 79.2 Å². The van der Waals surface area contributed by atoms with Crippen LogP contribution in [0.5, 0.6) is 0 Å². The Morgan fingerprint density at radius 2 is 2.15 bits per heavy atom. The van der Waals surface area contributed by atoms with Crippen LogP contribution in [-0.2, 0) is 4.79 Å². The van der Waals surface area contributed by atoms with Gasteiger partial charge in [-0.3, -0.25) is 9.79 Å². The molecule has 0 aliphatic rings. The summed E-state index contributed by atoms with van der Waals surface area (Å²) in [5.41, 5.74) is 5.21. The molecule has 0 aromatic heterocycles. The van der Waals surface area contributed by atoms with Gasteiger partial charge in [-0.15, -0.1) is 0 Å². The van der Waals surface area contributed by atoms with Crippen LogP contribution in [-0.4, -0.2) is 57.5 Å². The van der Waals surface area contributed by atoms with E-state index in [2.05, 4.69) is 10.3 Å². The highest BCUT2D eigenvalue weighted by Gasteiger charge is 2.06. The fourth-order valence-electron chi connectivity index (χ4n) is 0.583. The summed E-state index contributed by atoms with van der Waals surface area (Å²) in [6.45, 7) is 1.56. The van der Waals surface area contributed by atoms with Crippen molar-refractivity contribution in [2.75, 3.05) is 40.9 Å². The van der Waals surface area contributed by atoms with Crippen molar-refractivity contribution in [3.63, 3.8) is 0 Å². The molecule has 3 N–H and O–H groups in total. The van der Waals surface area contributed by atoms with E-state index in [4.69, 9.17) is 5.73 Å². The van der Waals surface area contributed by atoms with Crippen LogP contribution in [0.1, 0.15) is 0 Å². The Morgan fingerprint density at radius 1 is 1.54 bits per heavy atom. The lowest BCUT2D eigenvalue weighted by Gasteiger charge is -2.23. The van der Waals surface area contributed by atoms with E-state index in [0.717, 1.165) is 0 Å². The zero-order chi connectivity index (χ0) is 10.3. The third-order valence-electron chi connectivity index (χ3n) is 1.19. The molecule has 0 heterocycles. The summed E-state index contributed by atoms with van der Waals surface area (Å²) in [5.74, 6) is -0.165. The van der Waals surface area contributed by atoms with Gasteiger partial charge in [0.15, 0.2) is 6.67 Å². The predicted octanol–water partition coefficient (Wildman–Crippen LogP) is -1.20. The highest BCUT2D eigenvalue weighted by molar-refractivity contribution is 6.26. The molecule has 0 saturated heterocycles. The molecule has 76 valence electrons. The number of hydrogen-bond acceptors (Lipinski definition) is 3. The Balaban J connectivity index is 3.64. The normalized spacial score (nSPS) is 12.0. The molecule has 0 radical (unpaired) electrons. The summed E-state index contributed by atoms with van der Waals surface area (Å²) in [6.07, 6.45) is 1.28. The third-order valence-corrected chi connectivity index (χ3v) is 1.19. The first-order valence-corrected chi connectivity index (χ1v) is 4.24.